The second-order valence-electron chi connectivity index (χ2n) is 8.10. The third-order valence-corrected chi connectivity index (χ3v) is 6.48. The maximum atomic E-state index is 13.4. The molecule has 0 aliphatic heterocycles. The summed E-state index contributed by atoms with van der Waals surface area (Å²) >= 11 is 1.34. The number of benzene rings is 2. The van der Waals surface area contributed by atoms with Gasteiger partial charge < -0.3 is 11.1 Å². The van der Waals surface area contributed by atoms with Gasteiger partial charge in [0.25, 0.3) is 5.56 Å². The van der Waals surface area contributed by atoms with Crippen LogP contribution < -0.4 is 16.6 Å². The predicted molar refractivity (Wildman–Crippen MR) is 143 cm³/mol. The molecular formula is C26H24N8OS. The fourth-order valence-corrected chi connectivity index (χ4v) is 4.67. The van der Waals surface area contributed by atoms with Crippen LogP contribution in [-0.4, -0.2) is 29.5 Å². The maximum absolute atomic E-state index is 13.4. The quantitative estimate of drug-likeness (QED) is 0.248. The molecule has 5 rings (SSSR count). The number of anilines is 3. The smallest absolute Gasteiger partial charge is 0.267 e. The van der Waals surface area contributed by atoms with Crippen LogP contribution in [0, 0.1) is 6.92 Å². The highest BCUT2D eigenvalue weighted by Crippen LogP contribution is 2.25. The van der Waals surface area contributed by atoms with Crippen molar-refractivity contribution >= 4 is 40.2 Å². The van der Waals surface area contributed by atoms with E-state index in [0.29, 0.717) is 39.4 Å². The molecule has 0 fully saturated rings. The van der Waals surface area contributed by atoms with E-state index < -0.39 is 0 Å². The minimum Gasteiger partial charge on any atom is -0.368 e. The fraction of sp³-hybridized carbons (Fsp3) is 0.154. The van der Waals surface area contributed by atoms with Gasteiger partial charge in [-0.2, -0.15) is 15.0 Å². The molecule has 0 aliphatic rings. The van der Waals surface area contributed by atoms with Gasteiger partial charge in [-0.1, -0.05) is 49.0 Å². The number of hydrogen-bond donors (Lipinski definition) is 2. The molecule has 9 nitrogen and oxygen atoms in total. The lowest BCUT2D eigenvalue weighted by Gasteiger charge is -2.13. The van der Waals surface area contributed by atoms with Gasteiger partial charge in [-0.15, -0.1) is 0 Å². The first kappa shape index (κ1) is 23.4. The molecule has 3 N–H and O–H groups in total. The summed E-state index contributed by atoms with van der Waals surface area (Å²) in [6, 6.07) is 19.0. The zero-order chi connectivity index (χ0) is 25.1. The second kappa shape index (κ2) is 10.1. The van der Waals surface area contributed by atoms with Gasteiger partial charge in [0.15, 0.2) is 5.16 Å². The van der Waals surface area contributed by atoms with Crippen molar-refractivity contribution in [1.82, 2.24) is 29.5 Å². The van der Waals surface area contributed by atoms with Crippen LogP contribution in [0.4, 0.5) is 17.6 Å². The lowest BCUT2D eigenvalue weighted by molar-refractivity contribution is 0.793. The van der Waals surface area contributed by atoms with E-state index in [0.717, 1.165) is 23.2 Å². The number of aryl methyl sites for hydroxylation is 2. The zero-order valence-corrected chi connectivity index (χ0v) is 20.7. The van der Waals surface area contributed by atoms with E-state index in [-0.39, 0.29) is 11.5 Å². The van der Waals surface area contributed by atoms with Gasteiger partial charge in [-0.25, -0.2) is 14.5 Å². The Labute approximate surface area is 211 Å². The average Bonchev–Trinajstić information content (AvgIpc) is 2.87. The molecule has 36 heavy (non-hydrogen) atoms. The minimum absolute atomic E-state index is 0.112. The third kappa shape index (κ3) is 4.89. The van der Waals surface area contributed by atoms with E-state index in [4.69, 9.17) is 10.7 Å². The largest absolute Gasteiger partial charge is 0.368 e. The van der Waals surface area contributed by atoms with Gasteiger partial charge in [0.05, 0.1) is 16.7 Å². The Hall–Kier alpha value is -4.31. The first-order chi connectivity index (χ1) is 17.5. The number of hydrogen-bond acceptors (Lipinski definition) is 9. The monoisotopic (exact) mass is 496 g/mol. The Morgan fingerprint density at radius 3 is 2.64 bits per heavy atom. The van der Waals surface area contributed by atoms with Crippen LogP contribution in [0.15, 0.2) is 76.8 Å². The van der Waals surface area contributed by atoms with Crippen molar-refractivity contribution in [1.29, 1.82) is 0 Å². The molecule has 0 bridgehead atoms. The van der Waals surface area contributed by atoms with E-state index in [1.807, 2.05) is 61.5 Å². The number of aromatic nitrogens is 6. The Balaban J connectivity index is 1.50. The van der Waals surface area contributed by atoms with Crippen LogP contribution in [0.2, 0.25) is 0 Å². The molecule has 3 aromatic heterocycles. The summed E-state index contributed by atoms with van der Waals surface area (Å²) in [5.74, 6) is 1.78. The van der Waals surface area contributed by atoms with Crippen molar-refractivity contribution < 1.29 is 0 Å². The number of nitrogen functional groups attached to an aromatic ring is 1. The van der Waals surface area contributed by atoms with Gasteiger partial charge in [0.1, 0.15) is 11.6 Å². The minimum atomic E-state index is -0.185. The van der Waals surface area contributed by atoms with E-state index in [9.17, 15) is 4.79 Å². The summed E-state index contributed by atoms with van der Waals surface area (Å²) in [6.07, 6.45) is 2.55. The lowest BCUT2D eigenvalue weighted by Crippen LogP contribution is -2.22. The Kier molecular flexibility index (Phi) is 6.59. The standard InChI is InChI=1S/C26H24N8OS/c1-3-17-8-4-6-10-19(17)29-25-32-21(31-24(27)33-25)15-36-26-30-20-11-7-5-9-18(20)23(35)34(26)22-14-16(2)12-13-28-22/h4-14H,3,15H2,1-2H3,(H3,27,29,31,32,33). The molecular weight excluding hydrogens is 472 g/mol. The van der Waals surface area contributed by atoms with Crippen LogP contribution in [0.1, 0.15) is 23.9 Å². The number of nitrogens with two attached hydrogens (primary N) is 1. The van der Waals surface area contributed by atoms with Crippen LogP contribution >= 0.6 is 11.8 Å². The molecule has 0 spiro atoms. The molecule has 0 atom stereocenters. The van der Waals surface area contributed by atoms with Crippen molar-refractivity contribution in [3.8, 4) is 5.82 Å². The third-order valence-electron chi connectivity index (χ3n) is 5.55. The summed E-state index contributed by atoms with van der Waals surface area (Å²) in [7, 11) is 0. The van der Waals surface area contributed by atoms with Crippen molar-refractivity contribution in [2.45, 2.75) is 31.2 Å². The molecule has 0 saturated carbocycles. The molecule has 0 unspecified atom stereocenters. The highest BCUT2D eigenvalue weighted by Gasteiger charge is 2.16. The highest BCUT2D eigenvalue weighted by molar-refractivity contribution is 7.98. The molecule has 0 aliphatic carbocycles. The van der Waals surface area contributed by atoms with Crippen LogP contribution in [0.25, 0.3) is 16.7 Å². The molecule has 5 aromatic rings. The summed E-state index contributed by atoms with van der Waals surface area (Å²) in [5.41, 5.74) is 9.47. The summed E-state index contributed by atoms with van der Waals surface area (Å²) < 4.78 is 1.53. The van der Waals surface area contributed by atoms with Gasteiger partial charge in [-0.05, 0) is 54.8 Å². The van der Waals surface area contributed by atoms with Crippen LogP contribution in [0.3, 0.4) is 0 Å². The summed E-state index contributed by atoms with van der Waals surface area (Å²) in [6.45, 7) is 4.04. The van der Waals surface area contributed by atoms with E-state index in [1.165, 1.54) is 16.3 Å². The van der Waals surface area contributed by atoms with Crippen LogP contribution in [0.5, 0.6) is 0 Å². The van der Waals surface area contributed by atoms with Gasteiger partial charge in [0, 0.05) is 11.9 Å². The Bertz CT molecular complexity index is 1620. The van der Waals surface area contributed by atoms with Crippen molar-refractivity contribution in [2.75, 3.05) is 11.1 Å². The van der Waals surface area contributed by atoms with Crippen LogP contribution in [-0.2, 0) is 12.2 Å². The molecule has 0 saturated heterocycles. The molecule has 10 heteroatoms. The Morgan fingerprint density at radius 1 is 1.00 bits per heavy atom. The number of nitrogens with zero attached hydrogens (tertiary/aromatic N) is 6. The van der Waals surface area contributed by atoms with Gasteiger partial charge in [0.2, 0.25) is 11.9 Å². The number of nitrogens with one attached hydrogen (secondary N) is 1. The summed E-state index contributed by atoms with van der Waals surface area (Å²) in [4.78, 5) is 35.7. The predicted octanol–water partition coefficient (Wildman–Crippen LogP) is 4.45. The number of thioether (sulfide) groups is 1. The first-order valence-corrected chi connectivity index (χ1v) is 12.4. The van der Waals surface area contributed by atoms with Gasteiger partial charge in [-0.3, -0.25) is 4.79 Å². The maximum Gasteiger partial charge on any atom is 0.267 e. The average molecular weight is 497 g/mol. The Morgan fingerprint density at radius 2 is 1.81 bits per heavy atom. The first-order valence-electron chi connectivity index (χ1n) is 11.4. The summed E-state index contributed by atoms with van der Waals surface area (Å²) in [5, 5.41) is 4.26. The normalized spacial score (nSPS) is 11.1. The second-order valence-corrected chi connectivity index (χ2v) is 9.04. The molecule has 2 aromatic carbocycles. The number of para-hydroxylation sites is 2. The molecule has 0 radical (unpaired) electrons. The van der Waals surface area contributed by atoms with Gasteiger partial charge >= 0.3 is 0 Å². The topological polar surface area (TPSA) is 124 Å². The molecule has 0 amide bonds. The molecule has 3 heterocycles. The van der Waals surface area contributed by atoms with Crippen molar-refractivity contribution in [3.63, 3.8) is 0 Å². The van der Waals surface area contributed by atoms with E-state index >= 15 is 0 Å². The van der Waals surface area contributed by atoms with Crippen molar-refractivity contribution in [3.05, 3.63) is 94.2 Å². The fourth-order valence-electron chi connectivity index (χ4n) is 3.81. The number of pyridine rings is 1. The zero-order valence-electron chi connectivity index (χ0n) is 19.8. The number of fused-ring (bicyclic) bond motifs is 1. The SMILES string of the molecule is CCc1ccccc1Nc1nc(N)nc(CSc2nc3ccccc3c(=O)n2-c2cc(C)ccn2)n1. The highest BCUT2D eigenvalue weighted by atomic mass is 32.2. The number of rotatable bonds is 7. The molecule has 180 valence electrons. The van der Waals surface area contributed by atoms with E-state index in [1.54, 1.807) is 12.3 Å². The van der Waals surface area contributed by atoms with Crippen molar-refractivity contribution in [2.24, 2.45) is 0 Å². The van der Waals surface area contributed by atoms with E-state index in [2.05, 4.69) is 32.2 Å². The lowest BCUT2D eigenvalue weighted by atomic mass is 10.1.